The van der Waals surface area contributed by atoms with Crippen LogP contribution in [0.4, 0.5) is 9.52 Å². The highest BCUT2D eigenvalue weighted by atomic mass is 32.1. The summed E-state index contributed by atoms with van der Waals surface area (Å²) in [4.78, 5) is 30.7. The lowest BCUT2D eigenvalue weighted by Crippen LogP contribution is -2.37. The van der Waals surface area contributed by atoms with Gasteiger partial charge in [-0.3, -0.25) is 9.59 Å². The summed E-state index contributed by atoms with van der Waals surface area (Å²) in [6.45, 7) is 0.684. The van der Waals surface area contributed by atoms with Crippen LogP contribution in [0.15, 0.2) is 30.5 Å². The lowest BCUT2D eigenvalue weighted by atomic mass is 10.1. The van der Waals surface area contributed by atoms with Crippen LogP contribution >= 0.6 is 11.3 Å². The number of thiazole rings is 1. The fourth-order valence-electron chi connectivity index (χ4n) is 2.81. The second kappa shape index (κ2) is 8.20. The van der Waals surface area contributed by atoms with Gasteiger partial charge in [0, 0.05) is 30.5 Å². The number of nitrogens with zero attached hydrogens (tertiary/aromatic N) is 2. The molecule has 1 aliphatic rings. The van der Waals surface area contributed by atoms with E-state index in [9.17, 15) is 14.0 Å². The summed E-state index contributed by atoms with van der Waals surface area (Å²) in [7, 11) is 0. The number of amides is 2. The van der Waals surface area contributed by atoms with Crippen molar-refractivity contribution in [1.29, 1.82) is 0 Å². The lowest BCUT2D eigenvalue weighted by molar-refractivity contribution is -0.134. The van der Waals surface area contributed by atoms with Gasteiger partial charge in [0.2, 0.25) is 11.8 Å². The SMILES string of the molecule is O=C(CN1CCCCCC1=O)Nc1ncc(Cc2ccccc2F)s1. The highest BCUT2D eigenvalue weighted by Crippen LogP contribution is 2.22. The fraction of sp³-hybridized carbons (Fsp3) is 0.389. The lowest BCUT2D eigenvalue weighted by Gasteiger charge is -2.19. The molecule has 0 radical (unpaired) electrons. The molecule has 132 valence electrons. The molecule has 2 heterocycles. The quantitative estimate of drug-likeness (QED) is 0.889. The van der Waals surface area contributed by atoms with Gasteiger partial charge in [-0.1, -0.05) is 24.6 Å². The summed E-state index contributed by atoms with van der Waals surface area (Å²) in [5.41, 5.74) is 0.596. The summed E-state index contributed by atoms with van der Waals surface area (Å²) in [6, 6.07) is 6.61. The van der Waals surface area contributed by atoms with Gasteiger partial charge >= 0.3 is 0 Å². The molecule has 3 rings (SSSR count). The summed E-state index contributed by atoms with van der Waals surface area (Å²) < 4.78 is 13.7. The molecule has 5 nitrogen and oxygen atoms in total. The van der Waals surface area contributed by atoms with E-state index in [0.717, 1.165) is 24.1 Å². The van der Waals surface area contributed by atoms with E-state index in [1.54, 1.807) is 29.3 Å². The maximum Gasteiger partial charge on any atom is 0.245 e. The van der Waals surface area contributed by atoms with Gasteiger partial charge in [-0.2, -0.15) is 0 Å². The van der Waals surface area contributed by atoms with Gasteiger partial charge in [-0.15, -0.1) is 11.3 Å². The molecule has 0 unspecified atom stereocenters. The number of rotatable bonds is 5. The van der Waals surface area contributed by atoms with Gasteiger partial charge in [0.15, 0.2) is 5.13 Å². The zero-order chi connectivity index (χ0) is 17.6. The number of nitrogens with one attached hydrogen (secondary N) is 1. The van der Waals surface area contributed by atoms with Crippen LogP contribution in [-0.2, 0) is 16.0 Å². The third kappa shape index (κ3) is 4.85. The summed E-state index contributed by atoms with van der Waals surface area (Å²) in [5, 5.41) is 3.20. The number of hydrogen-bond acceptors (Lipinski definition) is 4. The van der Waals surface area contributed by atoms with E-state index in [2.05, 4.69) is 10.3 Å². The molecule has 0 aliphatic carbocycles. The van der Waals surface area contributed by atoms with Gasteiger partial charge in [0.25, 0.3) is 0 Å². The van der Waals surface area contributed by atoms with E-state index in [0.29, 0.717) is 30.1 Å². The molecule has 1 aromatic heterocycles. The van der Waals surface area contributed by atoms with Gasteiger partial charge < -0.3 is 10.2 Å². The third-order valence-electron chi connectivity index (χ3n) is 4.13. The van der Waals surface area contributed by atoms with Crippen molar-refractivity contribution < 1.29 is 14.0 Å². The van der Waals surface area contributed by atoms with Crippen LogP contribution in [0.2, 0.25) is 0 Å². The first-order chi connectivity index (χ1) is 12.1. The van der Waals surface area contributed by atoms with E-state index >= 15 is 0 Å². The first-order valence-corrected chi connectivity index (χ1v) is 9.19. The number of aromatic nitrogens is 1. The van der Waals surface area contributed by atoms with Crippen molar-refractivity contribution in [3.63, 3.8) is 0 Å². The Morgan fingerprint density at radius 1 is 1.28 bits per heavy atom. The minimum atomic E-state index is -0.249. The molecule has 1 aliphatic heterocycles. The summed E-state index contributed by atoms with van der Waals surface area (Å²) >= 11 is 1.32. The topological polar surface area (TPSA) is 62.3 Å². The molecular weight excluding hydrogens is 341 g/mol. The number of carbonyl (C=O) groups is 2. The molecule has 25 heavy (non-hydrogen) atoms. The Bertz CT molecular complexity index is 762. The molecule has 7 heteroatoms. The highest BCUT2D eigenvalue weighted by molar-refractivity contribution is 7.15. The molecule has 0 spiro atoms. The zero-order valence-electron chi connectivity index (χ0n) is 13.8. The van der Waals surface area contributed by atoms with Crippen LogP contribution < -0.4 is 5.32 Å². The predicted octanol–water partition coefficient (Wildman–Crippen LogP) is 3.21. The Labute approximate surface area is 149 Å². The second-order valence-corrected chi connectivity index (χ2v) is 7.19. The van der Waals surface area contributed by atoms with Crippen LogP contribution in [0.1, 0.15) is 36.1 Å². The molecule has 0 saturated carbocycles. The van der Waals surface area contributed by atoms with Crippen LogP contribution in [0, 0.1) is 5.82 Å². The first-order valence-electron chi connectivity index (χ1n) is 8.37. The van der Waals surface area contributed by atoms with E-state index in [1.165, 1.54) is 17.4 Å². The van der Waals surface area contributed by atoms with Crippen molar-refractivity contribution >= 4 is 28.3 Å². The van der Waals surface area contributed by atoms with Crippen molar-refractivity contribution in [3.05, 3.63) is 46.7 Å². The number of halogens is 1. The smallest absolute Gasteiger partial charge is 0.245 e. The fourth-order valence-corrected chi connectivity index (χ4v) is 3.67. The Kier molecular flexibility index (Phi) is 5.75. The van der Waals surface area contributed by atoms with Crippen molar-refractivity contribution in [2.45, 2.75) is 32.1 Å². The van der Waals surface area contributed by atoms with E-state index in [1.807, 2.05) is 0 Å². The minimum absolute atomic E-state index is 0.0343. The van der Waals surface area contributed by atoms with Crippen molar-refractivity contribution in [2.75, 3.05) is 18.4 Å². The van der Waals surface area contributed by atoms with Crippen LogP contribution in [0.5, 0.6) is 0 Å². The van der Waals surface area contributed by atoms with Crippen molar-refractivity contribution in [2.24, 2.45) is 0 Å². The standard InChI is InChI=1S/C18H20FN3O2S/c19-15-7-4-3-6-13(15)10-14-11-20-18(25-14)21-16(23)12-22-9-5-1-2-8-17(22)24/h3-4,6-7,11H,1-2,5,8-10,12H2,(H,20,21,23). The average molecular weight is 361 g/mol. The van der Waals surface area contributed by atoms with Gasteiger partial charge in [0.1, 0.15) is 5.82 Å². The first kappa shape index (κ1) is 17.5. The van der Waals surface area contributed by atoms with E-state index in [-0.39, 0.29) is 24.2 Å². The Morgan fingerprint density at radius 3 is 2.96 bits per heavy atom. The van der Waals surface area contributed by atoms with Crippen LogP contribution in [0.25, 0.3) is 0 Å². The summed E-state index contributed by atoms with van der Waals surface area (Å²) in [5.74, 6) is -0.463. The molecule has 2 amide bonds. The maximum atomic E-state index is 13.7. The Balaban J connectivity index is 1.56. The van der Waals surface area contributed by atoms with Gasteiger partial charge in [-0.05, 0) is 24.5 Å². The molecule has 2 aromatic rings. The van der Waals surface area contributed by atoms with Crippen LogP contribution in [-0.4, -0.2) is 34.8 Å². The Hall–Kier alpha value is -2.28. The number of benzene rings is 1. The average Bonchev–Trinajstić information content (AvgIpc) is 2.92. The molecule has 0 bridgehead atoms. The molecule has 1 aromatic carbocycles. The van der Waals surface area contributed by atoms with E-state index < -0.39 is 0 Å². The molecule has 1 fully saturated rings. The van der Waals surface area contributed by atoms with Crippen LogP contribution in [0.3, 0.4) is 0 Å². The van der Waals surface area contributed by atoms with Gasteiger partial charge in [0.05, 0.1) is 6.54 Å². The Morgan fingerprint density at radius 2 is 2.12 bits per heavy atom. The largest absolute Gasteiger partial charge is 0.333 e. The molecular formula is C18H20FN3O2S. The van der Waals surface area contributed by atoms with Crippen molar-refractivity contribution in [3.8, 4) is 0 Å². The zero-order valence-corrected chi connectivity index (χ0v) is 14.7. The van der Waals surface area contributed by atoms with Crippen molar-refractivity contribution in [1.82, 2.24) is 9.88 Å². The molecule has 1 N–H and O–H groups in total. The van der Waals surface area contributed by atoms with E-state index in [4.69, 9.17) is 0 Å². The maximum absolute atomic E-state index is 13.7. The predicted molar refractivity (Wildman–Crippen MR) is 95.0 cm³/mol. The molecule has 0 atom stereocenters. The third-order valence-corrected chi connectivity index (χ3v) is 5.04. The summed E-state index contributed by atoms with van der Waals surface area (Å²) in [6.07, 6.45) is 5.44. The molecule has 1 saturated heterocycles. The normalized spacial score (nSPS) is 15.1. The monoisotopic (exact) mass is 361 g/mol. The highest BCUT2D eigenvalue weighted by Gasteiger charge is 2.19. The number of carbonyl (C=O) groups excluding carboxylic acids is 2. The number of likely N-dealkylation sites (tertiary alicyclic amines) is 1. The number of anilines is 1. The minimum Gasteiger partial charge on any atom is -0.333 e. The second-order valence-electron chi connectivity index (χ2n) is 6.07. The number of hydrogen-bond donors (Lipinski definition) is 1. The van der Waals surface area contributed by atoms with Gasteiger partial charge in [-0.25, -0.2) is 9.37 Å².